The topological polar surface area (TPSA) is 60.7 Å². The van der Waals surface area contributed by atoms with Crippen molar-refractivity contribution in [1.82, 2.24) is 19.7 Å². The SMILES string of the molecule is CCC(=O)CSc1ncnc2c1cnn2-c1ccccc1. The molecular formula is C15H14N4OS. The van der Waals surface area contributed by atoms with Gasteiger partial charge in [0.05, 0.1) is 23.0 Å². The number of benzene rings is 1. The third-order valence-corrected chi connectivity index (χ3v) is 4.16. The molecule has 0 spiro atoms. The van der Waals surface area contributed by atoms with Crippen LogP contribution in [0.3, 0.4) is 0 Å². The van der Waals surface area contributed by atoms with E-state index >= 15 is 0 Å². The molecule has 0 bridgehead atoms. The number of Topliss-reactive ketones (excluding diaryl/α,β-unsaturated/α-hetero) is 1. The molecule has 6 heteroatoms. The Morgan fingerprint density at radius 3 is 2.81 bits per heavy atom. The minimum Gasteiger partial charge on any atom is -0.299 e. The maximum atomic E-state index is 11.5. The Morgan fingerprint density at radius 2 is 2.05 bits per heavy atom. The van der Waals surface area contributed by atoms with E-state index in [1.165, 1.54) is 18.1 Å². The average Bonchev–Trinajstić information content (AvgIpc) is 2.98. The second-order valence-corrected chi connectivity index (χ2v) is 5.45. The summed E-state index contributed by atoms with van der Waals surface area (Å²) in [5.74, 6) is 0.640. The van der Waals surface area contributed by atoms with E-state index in [9.17, 15) is 4.79 Å². The van der Waals surface area contributed by atoms with Crippen molar-refractivity contribution in [2.24, 2.45) is 0 Å². The highest BCUT2D eigenvalue weighted by molar-refractivity contribution is 8.00. The summed E-state index contributed by atoms with van der Waals surface area (Å²) >= 11 is 1.44. The quantitative estimate of drug-likeness (QED) is 0.535. The minimum atomic E-state index is 0.210. The van der Waals surface area contributed by atoms with Crippen molar-refractivity contribution in [3.05, 3.63) is 42.9 Å². The molecule has 0 saturated heterocycles. The van der Waals surface area contributed by atoms with Crippen LogP contribution in [0.1, 0.15) is 13.3 Å². The van der Waals surface area contributed by atoms with Crippen LogP contribution >= 0.6 is 11.8 Å². The summed E-state index contributed by atoms with van der Waals surface area (Å²) in [6, 6.07) is 9.82. The number of ketones is 1. The molecule has 0 aliphatic rings. The number of thioether (sulfide) groups is 1. The van der Waals surface area contributed by atoms with Gasteiger partial charge >= 0.3 is 0 Å². The first kappa shape index (κ1) is 13.8. The lowest BCUT2D eigenvalue weighted by Crippen LogP contribution is -2.00. The maximum absolute atomic E-state index is 11.5. The summed E-state index contributed by atoms with van der Waals surface area (Å²) in [5.41, 5.74) is 1.70. The zero-order valence-electron chi connectivity index (χ0n) is 11.6. The van der Waals surface area contributed by atoms with Crippen LogP contribution in [-0.2, 0) is 4.79 Å². The van der Waals surface area contributed by atoms with E-state index in [4.69, 9.17) is 0 Å². The van der Waals surface area contributed by atoms with Gasteiger partial charge in [-0.05, 0) is 12.1 Å². The fourth-order valence-electron chi connectivity index (χ4n) is 1.95. The van der Waals surface area contributed by atoms with Crippen LogP contribution in [0.5, 0.6) is 0 Å². The van der Waals surface area contributed by atoms with E-state index < -0.39 is 0 Å². The molecule has 0 amide bonds. The molecular weight excluding hydrogens is 284 g/mol. The zero-order chi connectivity index (χ0) is 14.7. The Balaban J connectivity index is 1.98. The summed E-state index contributed by atoms with van der Waals surface area (Å²) in [6.45, 7) is 1.87. The fraction of sp³-hybridized carbons (Fsp3) is 0.200. The van der Waals surface area contributed by atoms with E-state index in [2.05, 4.69) is 15.1 Å². The monoisotopic (exact) mass is 298 g/mol. The first-order valence-electron chi connectivity index (χ1n) is 6.68. The number of nitrogens with zero attached hydrogens (tertiary/aromatic N) is 4. The van der Waals surface area contributed by atoms with Gasteiger partial charge in [0.2, 0.25) is 0 Å². The number of hydrogen-bond acceptors (Lipinski definition) is 5. The predicted molar refractivity (Wildman–Crippen MR) is 82.7 cm³/mol. The van der Waals surface area contributed by atoms with Gasteiger partial charge in [-0.1, -0.05) is 36.9 Å². The van der Waals surface area contributed by atoms with Crippen LogP contribution in [0.15, 0.2) is 47.9 Å². The fourth-order valence-corrected chi connectivity index (χ4v) is 2.87. The largest absolute Gasteiger partial charge is 0.299 e. The third kappa shape index (κ3) is 2.80. The molecule has 3 aromatic rings. The Labute approximate surface area is 126 Å². The van der Waals surface area contributed by atoms with Crippen LogP contribution in [0.2, 0.25) is 0 Å². The number of fused-ring (bicyclic) bond motifs is 1. The molecule has 106 valence electrons. The average molecular weight is 298 g/mol. The van der Waals surface area contributed by atoms with Gasteiger partial charge in [0.15, 0.2) is 5.65 Å². The Bertz CT molecular complexity index is 770. The third-order valence-electron chi connectivity index (χ3n) is 3.09. The normalized spacial score (nSPS) is 10.9. The van der Waals surface area contributed by atoms with Crippen LogP contribution in [-0.4, -0.2) is 31.3 Å². The molecule has 0 aliphatic carbocycles. The van der Waals surface area contributed by atoms with E-state index in [1.807, 2.05) is 37.3 Å². The van der Waals surface area contributed by atoms with Gasteiger partial charge in [0.25, 0.3) is 0 Å². The number of aromatic nitrogens is 4. The lowest BCUT2D eigenvalue weighted by Gasteiger charge is -2.03. The molecule has 5 nitrogen and oxygen atoms in total. The van der Waals surface area contributed by atoms with Crippen LogP contribution in [0.25, 0.3) is 16.7 Å². The second-order valence-electron chi connectivity index (χ2n) is 4.49. The molecule has 0 saturated carbocycles. The van der Waals surface area contributed by atoms with E-state index in [1.54, 1.807) is 10.9 Å². The van der Waals surface area contributed by atoms with Gasteiger partial charge in [-0.15, -0.1) is 0 Å². The first-order valence-corrected chi connectivity index (χ1v) is 7.67. The van der Waals surface area contributed by atoms with Gasteiger partial charge < -0.3 is 0 Å². The van der Waals surface area contributed by atoms with Crippen LogP contribution < -0.4 is 0 Å². The molecule has 0 atom stereocenters. The minimum absolute atomic E-state index is 0.210. The standard InChI is InChI=1S/C15H14N4OS/c1-2-12(20)9-21-15-13-8-18-19(14(13)16-10-17-15)11-6-4-3-5-7-11/h3-8,10H,2,9H2,1H3. The molecule has 21 heavy (non-hydrogen) atoms. The first-order chi connectivity index (χ1) is 10.3. The molecule has 1 aromatic carbocycles. The summed E-state index contributed by atoms with van der Waals surface area (Å²) < 4.78 is 1.78. The number of carbonyl (C=O) groups excluding carboxylic acids is 1. The van der Waals surface area contributed by atoms with Crippen LogP contribution in [0, 0.1) is 0 Å². The van der Waals surface area contributed by atoms with Gasteiger partial charge in [-0.3, -0.25) is 4.79 Å². The van der Waals surface area contributed by atoms with Crippen molar-refractivity contribution in [3.63, 3.8) is 0 Å². The van der Waals surface area contributed by atoms with Crippen molar-refractivity contribution in [2.75, 3.05) is 5.75 Å². The highest BCUT2D eigenvalue weighted by Gasteiger charge is 2.12. The maximum Gasteiger partial charge on any atom is 0.167 e. The highest BCUT2D eigenvalue weighted by atomic mass is 32.2. The van der Waals surface area contributed by atoms with Crippen LogP contribution in [0.4, 0.5) is 0 Å². The molecule has 2 aromatic heterocycles. The summed E-state index contributed by atoms with van der Waals surface area (Å²) in [7, 11) is 0. The predicted octanol–water partition coefficient (Wildman–Crippen LogP) is 2.89. The molecule has 0 unspecified atom stereocenters. The van der Waals surface area contributed by atoms with E-state index in [-0.39, 0.29) is 5.78 Å². The summed E-state index contributed by atoms with van der Waals surface area (Å²) in [5, 5.41) is 6.06. The van der Waals surface area contributed by atoms with Gasteiger partial charge in [0.1, 0.15) is 17.1 Å². The second kappa shape index (κ2) is 6.05. The van der Waals surface area contributed by atoms with Gasteiger partial charge in [-0.25, -0.2) is 14.6 Å². The summed E-state index contributed by atoms with van der Waals surface area (Å²) in [6.07, 6.45) is 3.81. The lowest BCUT2D eigenvalue weighted by atomic mass is 10.3. The molecule has 3 rings (SSSR count). The zero-order valence-corrected chi connectivity index (χ0v) is 12.4. The van der Waals surface area contributed by atoms with Crippen molar-refractivity contribution in [1.29, 1.82) is 0 Å². The van der Waals surface area contributed by atoms with E-state index in [0.29, 0.717) is 12.2 Å². The van der Waals surface area contributed by atoms with Gasteiger partial charge in [0, 0.05) is 6.42 Å². The van der Waals surface area contributed by atoms with Crippen molar-refractivity contribution in [3.8, 4) is 5.69 Å². The molecule has 0 N–H and O–H groups in total. The van der Waals surface area contributed by atoms with E-state index in [0.717, 1.165) is 21.7 Å². The number of rotatable bonds is 5. The highest BCUT2D eigenvalue weighted by Crippen LogP contribution is 2.25. The number of hydrogen-bond donors (Lipinski definition) is 0. The Kier molecular flexibility index (Phi) is 3.96. The summed E-state index contributed by atoms with van der Waals surface area (Å²) in [4.78, 5) is 20.0. The smallest absolute Gasteiger partial charge is 0.167 e. The Hall–Kier alpha value is -2.21. The molecule has 0 radical (unpaired) electrons. The van der Waals surface area contributed by atoms with Crippen molar-refractivity contribution in [2.45, 2.75) is 18.4 Å². The lowest BCUT2D eigenvalue weighted by molar-refractivity contribution is -0.116. The van der Waals surface area contributed by atoms with Crippen molar-refractivity contribution >= 4 is 28.6 Å². The molecule has 0 fully saturated rings. The number of carbonyl (C=O) groups is 1. The molecule has 2 heterocycles. The molecule has 0 aliphatic heterocycles. The number of para-hydroxylation sites is 1. The van der Waals surface area contributed by atoms with Gasteiger partial charge in [-0.2, -0.15) is 5.10 Å². The Morgan fingerprint density at radius 1 is 1.24 bits per heavy atom. The van der Waals surface area contributed by atoms with Crippen molar-refractivity contribution < 1.29 is 4.79 Å².